The van der Waals surface area contributed by atoms with Gasteiger partial charge in [0.1, 0.15) is 0 Å². The number of nitrogens with zero attached hydrogens (tertiary/aromatic N) is 1. The van der Waals surface area contributed by atoms with Gasteiger partial charge in [0.05, 0.1) is 12.0 Å². The van der Waals surface area contributed by atoms with Crippen molar-refractivity contribution in [2.24, 2.45) is 0 Å². The summed E-state index contributed by atoms with van der Waals surface area (Å²) in [6.07, 6.45) is 1.58. The second-order valence-corrected chi connectivity index (χ2v) is 5.89. The zero-order valence-corrected chi connectivity index (χ0v) is 11.5. The van der Waals surface area contributed by atoms with Crippen molar-refractivity contribution >= 4 is 17.5 Å². The Morgan fingerprint density at radius 3 is 2.75 bits per heavy atom. The van der Waals surface area contributed by atoms with Crippen LogP contribution in [0.1, 0.15) is 35.7 Å². The Balaban J connectivity index is 1.75. The van der Waals surface area contributed by atoms with E-state index in [2.05, 4.69) is 5.32 Å². The molecule has 0 atom stereocenters. The van der Waals surface area contributed by atoms with Crippen molar-refractivity contribution in [1.29, 1.82) is 0 Å². The Kier molecular flexibility index (Phi) is 3.01. The Morgan fingerprint density at radius 2 is 2.05 bits per heavy atom. The van der Waals surface area contributed by atoms with Crippen LogP contribution in [-0.2, 0) is 11.2 Å². The molecule has 2 heterocycles. The summed E-state index contributed by atoms with van der Waals surface area (Å²) in [7, 11) is 0. The number of benzene rings is 1. The van der Waals surface area contributed by atoms with Gasteiger partial charge in [0, 0.05) is 24.3 Å². The Hall–Kier alpha value is -1.88. The molecule has 0 radical (unpaired) electrons. The lowest BCUT2D eigenvalue weighted by Gasteiger charge is -2.35. The zero-order chi connectivity index (χ0) is 14.3. The minimum atomic E-state index is -0.664. The van der Waals surface area contributed by atoms with E-state index in [1.165, 1.54) is 0 Å². The van der Waals surface area contributed by atoms with E-state index in [0.717, 1.165) is 11.3 Å². The molecular weight excluding hydrogens is 256 g/mol. The minimum Gasteiger partial charge on any atom is -0.390 e. The first kappa shape index (κ1) is 13.1. The fraction of sp³-hybridized carbons (Fsp3) is 0.467. The highest BCUT2D eigenvalue weighted by Crippen LogP contribution is 2.26. The molecule has 2 aliphatic heterocycles. The van der Waals surface area contributed by atoms with Gasteiger partial charge in [-0.2, -0.15) is 0 Å². The maximum Gasteiger partial charge on any atom is 0.253 e. The molecule has 2 aliphatic rings. The van der Waals surface area contributed by atoms with Gasteiger partial charge in [-0.1, -0.05) is 6.07 Å². The second kappa shape index (κ2) is 4.59. The summed E-state index contributed by atoms with van der Waals surface area (Å²) in [5.74, 6) is -0.0666. The van der Waals surface area contributed by atoms with Crippen molar-refractivity contribution < 1.29 is 14.7 Å². The maximum atomic E-state index is 12.4. The van der Waals surface area contributed by atoms with Crippen molar-refractivity contribution in [2.75, 3.05) is 18.4 Å². The van der Waals surface area contributed by atoms with Crippen LogP contribution in [0, 0.1) is 0 Å². The van der Waals surface area contributed by atoms with Gasteiger partial charge in [-0.15, -0.1) is 0 Å². The predicted molar refractivity (Wildman–Crippen MR) is 74.5 cm³/mol. The number of fused-ring (bicyclic) bond motifs is 1. The number of carbonyl (C=O) groups excluding carboxylic acids is 2. The summed E-state index contributed by atoms with van der Waals surface area (Å²) in [5.41, 5.74) is 1.60. The summed E-state index contributed by atoms with van der Waals surface area (Å²) < 4.78 is 0. The molecule has 5 heteroatoms. The molecule has 0 aromatic heterocycles. The molecule has 1 saturated heterocycles. The van der Waals surface area contributed by atoms with Crippen LogP contribution in [-0.4, -0.2) is 40.5 Å². The molecule has 0 spiro atoms. The van der Waals surface area contributed by atoms with Gasteiger partial charge in [-0.25, -0.2) is 0 Å². The molecule has 5 nitrogen and oxygen atoms in total. The highest BCUT2D eigenvalue weighted by atomic mass is 16.3. The van der Waals surface area contributed by atoms with Crippen LogP contribution in [0.15, 0.2) is 18.2 Å². The normalized spacial score (nSPS) is 20.5. The average Bonchev–Trinajstić information content (AvgIpc) is 2.77. The number of carbonyl (C=O) groups is 2. The van der Waals surface area contributed by atoms with Crippen molar-refractivity contribution in [2.45, 2.75) is 31.8 Å². The number of amides is 2. The lowest BCUT2D eigenvalue weighted by molar-refractivity contribution is -0.115. The Bertz CT molecular complexity index is 570. The average molecular weight is 274 g/mol. The van der Waals surface area contributed by atoms with Crippen molar-refractivity contribution in [3.05, 3.63) is 29.3 Å². The lowest BCUT2D eigenvalue weighted by Crippen LogP contribution is -2.45. The highest BCUT2D eigenvalue weighted by Gasteiger charge is 2.30. The first-order chi connectivity index (χ1) is 9.44. The number of aliphatic hydroxyl groups is 1. The van der Waals surface area contributed by atoms with E-state index in [4.69, 9.17) is 0 Å². The molecule has 0 aliphatic carbocycles. The number of nitrogens with one attached hydrogen (secondary N) is 1. The van der Waals surface area contributed by atoms with Gasteiger partial charge >= 0.3 is 0 Å². The van der Waals surface area contributed by atoms with Gasteiger partial charge in [-0.3, -0.25) is 9.59 Å². The first-order valence-corrected chi connectivity index (χ1v) is 6.89. The first-order valence-electron chi connectivity index (χ1n) is 6.89. The van der Waals surface area contributed by atoms with Crippen molar-refractivity contribution in [1.82, 2.24) is 4.90 Å². The van der Waals surface area contributed by atoms with Gasteiger partial charge in [0.15, 0.2) is 0 Å². The third-order valence-electron chi connectivity index (χ3n) is 4.11. The number of rotatable bonds is 1. The molecule has 0 bridgehead atoms. The molecule has 1 aromatic rings. The van der Waals surface area contributed by atoms with Crippen molar-refractivity contribution in [3.8, 4) is 0 Å². The molecule has 1 fully saturated rings. The van der Waals surface area contributed by atoms with Crippen molar-refractivity contribution in [3.63, 3.8) is 0 Å². The summed E-state index contributed by atoms with van der Waals surface area (Å²) in [6.45, 7) is 2.93. The third-order valence-corrected chi connectivity index (χ3v) is 4.11. The number of hydrogen-bond donors (Lipinski definition) is 2. The standard InChI is InChI=1S/C15H18N2O3/c1-15(20)4-6-17(7-5-15)14(19)11-3-2-10-9-13(18)16-12(10)8-11/h2-3,8,20H,4-7,9H2,1H3,(H,16,18). The number of piperidine rings is 1. The SMILES string of the molecule is CC1(O)CCN(C(=O)c2ccc3c(c2)NC(=O)C3)CC1. The molecule has 1 aromatic carbocycles. The fourth-order valence-corrected chi connectivity index (χ4v) is 2.72. The van der Waals surface area contributed by atoms with E-state index in [-0.39, 0.29) is 11.8 Å². The molecule has 106 valence electrons. The predicted octanol–water partition coefficient (Wildman–Crippen LogP) is 1.17. The van der Waals surface area contributed by atoms with Crippen LogP contribution in [0.25, 0.3) is 0 Å². The Labute approximate surface area is 117 Å². The quantitative estimate of drug-likeness (QED) is 0.807. The third kappa shape index (κ3) is 2.41. The number of anilines is 1. The molecule has 0 saturated carbocycles. The fourth-order valence-electron chi connectivity index (χ4n) is 2.72. The zero-order valence-electron chi connectivity index (χ0n) is 11.5. The molecule has 0 unspecified atom stereocenters. The Morgan fingerprint density at radius 1 is 1.35 bits per heavy atom. The molecule has 3 rings (SSSR count). The van der Waals surface area contributed by atoms with Gasteiger partial charge in [0.25, 0.3) is 5.91 Å². The van der Waals surface area contributed by atoms with Gasteiger partial charge in [-0.05, 0) is 37.5 Å². The van der Waals surface area contributed by atoms with Gasteiger partial charge < -0.3 is 15.3 Å². The molecule has 2 amide bonds. The minimum absolute atomic E-state index is 0.0291. The van der Waals surface area contributed by atoms with Crippen LogP contribution >= 0.6 is 0 Å². The van der Waals surface area contributed by atoms with E-state index in [9.17, 15) is 14.7 Å². The van der Waals surface area contributed by atoms with E-state index in [0.29, 0.717) is 37.9 Å². The van der Waals surface area contributed by atoms with Crippen LogP contribution in [0.3, 0.4) is 0 Å². The highest BCUT2D eigenvalue weighted by molar-refractivity contribution is 6.02. The monoisotopic (exact) mass is 274 g/mol. The largest absolute Gasteiger partial charge is 0.390 e. The van der Waals surface area contributed by atoms with E-state index in [1.807, 2.05) is 6.07 Å². The summed E-state index contributed by atoms with van der Waals surface area (Å²) in [6, 6.07) is 5.35. The summed E-state index contributed by atoms with van der Waals surface area (Å²) in [5, 5.41) is 12.7. The summed E-state index contributed by atoms with van der Waals surface area (Å²) in [4.78, 5) is 25.5. The molecule has 20 heavy (non-hydrogen) atoms. The van der Waals surface area contributed by atoms with Gasteiger partial charge in [0.2, 0.25) is 5.91 Å². The van der Waals surface area contributed by atoms with E-state index in [1.54, 1.807) is 24.0 Å². The van der Waals surface area contributed by atoms with E-state index >= 15 is 0 Å². The van der Waals surface area contributed by atoms with E-state index < -0.39 is 5.60 Å². The number of hydrogen-bond acceptors (Lipinski definition) is 3. The van der Waals surface area contributed by atoms with Crippen LogP contribution in [0.2, 0.25) is 0 Å². The smallest absolute Gasteiger partial charge is 0.253 e. The molecule has 2 N–H and O–H groups in total. The summed E-state index contributed by atoms with van der Waals surface area (Å²) >= 11 is 0. The topological polar surface area (TPSA) is 69.6 Å². The van der Waals surface area contributed by atoms with Crippen LogP contribution in [0.4, 0.5) is 5.69 Å². The van der Waals surface area contributed by atoms with Crippen LogP contribution < -0.4 is 5.32 Å². The molecular formula is C15H18N2O3. The number of likely N-dealkylation sites (tertiary alicyclic amines) is 1. The van der Waals surface area contributed by atoms with Crippen LogP contribution in [0.5, 0.6) is 0 Å². The lowest BCUT2D eigenvalue weighted by atomic mass is 9.93. The maximum absolute atomic E-state index is 12.4. The second-order valence-electron chi connectivity index (χ2n) is 5.89.